The summed E-state index contributed by atoms with van der Waals surface area (Å²) >= 11 is 0. The molecule has 1 atom stereocenters. The van der Waals surface area contributed by atoms with Crippen molar-refractivity contribution in [2.45, 2.75) is 18.7 Å². The van der Waals surface area contributed by atoms with Crippen molar-refractivity contribution in [2.24, 2.45) is 5.92 Å². The highest BCUT2D eigenvalue weighted by molar-refractivity contribution is 8.05. The van der Waals surface area contributed by atoms with Crippen molar-refractivity contribution >= 4 is 21.0 Å². The Morgan fingerprint density at radius 2 is 2.15 bits per heavy atom. The topological polar surface area (TPSA) is 45.2 Å². The Kier molecular flexibility index (Phi) is 3.53. The summed E-state index contributed by atoms with van der Waals surface area (Å²) in [5, 5.41) is 9.17. The van der Waals surface area contributed by atoms with Gasteiger partial charge in [0.2, 0.25) is 0 Å². The highest BCUT2D eigenvalue weighted by Gasteiger charge is 2.33. The van der Waals surface area contributed by atoms with Crippen LogP contribution in [0.1, 0.15) is 19.4 Å². The van der Waals surface area contributed by atoms with E-state index in [1.807, 2.05) is 32.1 Å². The molecule has 20 heavy (non-hydrogen) atoms. The van der Waals surface area contributed by atoms with E-state index >= 15 is 0 Å². The van der Waals surface area contributed by atoms with E-state index in [0.29, 0.717) is 20.9 Å². The molecule has 1 aromatic rings. The summed E-state index contributed by atoms with van der Waals surface area (Å²) in [6, 6.07) is 9.06. The Morgan fingerprint density at radius 3 is 2.70 bits per heavy atom. The lowest BCUT2D eigenvalue weighted by Crippen LogP contribution is -1.99. The molecule has 2 rings (SSSR count). The zero-order valence-electron chi connectivity index (χ0n) is 11.4. The number of nitriles is 1. The largest absolute Gasteiger partial charge is 0.270 e. The van der Waals surface area contributed by atoms with E-state index < -0.39 is 9.52 Å². The molecule has 0 saturated heterocycles. The van der Waals surface area contributed by atoms with Gasteiger partial charge >= 0.3 is 0 Å². The van der Waals surface area contributed by atoms with Gasteiger partial charge in [0.1, 0.15) is 0 Å². The van der Waals surface area contributed by atoms with Crippen LogP contribution in [0.2, 0.25) is 0 Å². The van der Waals surface area contributed by atoms with E-state index in [9.17, 15) is 9.47 Å². The minimum atomic E-state index is -2.65. The fourth-order valence-electron chi connectivity index (χ4n) is 2.25. The lowest BCUT2D eigenvalue weighted by molar-refractivity contribution is 0.686. The van der Waals surface area contributed by atoms with Crippen molar-refractivity contribution in [3.63, 3.8) is 0 Å². The van der Waals surface area contributed by atoms with E-state index in [0.717, 1.165) is 0 Å². The van der Waals surface area contributed by atoms with Crippen molar-refractivity contribution in [2.75, 3.05) is 0 Å². The Morgan fingerprint density at radius 1 is 1.50 bits per heavy atom. The summed E-state index contributed by atoms with van der Waals surface area (Å²) in [4.78, 5) is 4.41. The number of nitrogens with zero attached hydrogens (tertiary/aromatic N) is 2. The van der Waals surface area contributed by atoms with Crippen LogP contribution >= 0.6 is 0 Å². The lowest BCUT2D eigenvalue weighted by atomic mass is 10.0. The Labute approximate surface area is 119 Å². The van der Waals surface area contributed by atoms with Crippen LogP contribution in [-0.2, 0) is 9.52 Å². The second-order valence-electron chi connectivity index (χ2n) is 4.89. The van der Waals surface area contributed by atoms with Crippen molar-refractivity contribution in [1.29, 1.82) is 5.26 Å². The van der Waals surface area contributed by atoms with Crippen LogP contribution in [0.25, 0.3) is 10.4 Å². The summed E-state index contributed by atoms with van der Waals surface area (Å²) < 4.78 is 13.0. The number of benzene rings is 1. The van der Waals surface area contributed by atoms with Crippen molar-refractivity contribution in [3.05, 3.63) is 57.9 Å². The molecule has 1 unspecified atom stereocenters. The zero-order chi connectivity index (χ0) is 14.9. The third-order valence-corrected chi connectivity index (χ3v) is 5.17. The van der Waals surface area contributed by atoms with Gasteiger partial charge in [-0.1, -0.05) is 38.1 Å². The average molecular weight is 282 g/mol. The van der Waals surface area contributed by atoms with Gasteiger partial charge < -0.3 is 0 Å². The molecule has 0 aliphatic carbocycles. The minimum Gasteiger partial charge on any atom is -0.258 e. The fourth-order valence-corrected chi connectivity index (χ4v) is 4.34. The second kappa shape index (κ2) is 5.00. The van der Waals surface area contributed by atoms with Crippen molar-refractivity contribution in [1.82, 2.24) is 0 Å². The maximum absolute atomic E-state index is 13.0. The molecule has 0 saturated carbocycles. The predicted molar refractivity (Wildman–Crippen MR) is 82.0 cm³/mol. The molecule has 0 aromatic heterocycles. The van der Waals surface area contributed by atoms with Crippen LogP contribution < -0.4 is 0 Å². The zero-order valence-corrected chi connectivity index (χ0v) is 12.2. The molecule has 1 aromatic carbocycles. The summed E-state index contributed by atoms with van der Waals surface area (Å²) in [5.74, 6) is 4.01. The van der Waals surface area contributed by atoms with E-state index in [1.54, 1.807) is 18.2 Å². The summed E-state index contributed by atoms with van der Waals surface area (Å²) in [7, 11) is -2.65. The Balaban J connectivity index is 2.96. The number of hydrogen-bond donors (Lipinski definition) is 0. The number of allylic oxidation sites excluding steroid dienone is 3. The van der Waals surface area contributed by atoms with Gasteiger partial charge in [-0.3, -0.25) is 4.21 Å². The van der Waals surface area contributed by atoms with Crippen LogP contribution in [-0.4, -0.2) is 10.1 Å². The molecule has 1 aliphatic rings. The second-order valence-corrected chi connectivity index (χ2v) is 7.12. The van der Waals surface area contributed by atoms with Gasteiger partial charge in [-0.25, -0.2) is 10.1 Å². The maximum Gasteiger partial charge on any atom is 0.270 e. The number of fused-ring (bicyclic) bond motifs is 1. The van der Waals surface area contributed by atoms with E-state index in [2.05, 4.69) is 10.7 Å². The molecule has 4 heteroatoms. The Hall–Kier alpha value is -2.30. The van der Waals surface area contributed by atoms with Crippen LogP contribution in [0.15, 0.2) is 45.8 Å². The molecule has 100 valence electrons. The first-order chi connectivity index (χ1) is 9.43. The van der Waals surface area contributed by atoms with E-state index in [1.165, 1.54) is 0 Å². The third-order valence-electron chi connectivity index (χ3n) is 3.05. The third kappa shape index (κ3) is 2.05. The molecule has 0 fully saturated rings. The molecule has 1 aliphatic heterocycles. The van der Waals surface area contributed by atoms with Crippen molar-refractivity contribution < 1.29 is 4.21 Å². The standard InChI is InChI=1S/C16H14N2OS/c1-11(2)9-15-16(13(10-17)18-3)12-7-5-6-8-14(12)20(15,4)19/h5-9,11H,4H2,1-2H3/b15-9-,16-13+. The minimum absolute atomic E-state index is 0.0294. The number of hydrogen-bond acceptors (Lipinski definition) is 2. The smallest absolute Gasteiger partial charge is 0.258 e. The van der Waals surface area contributed by atoms with E-state index in [4.69, 9.17) is 6.57 Å². The SMILES string of the molecule is [C-]#[N+]/C(C#N)=C1/C(=C/C(C)C)S(=C)(=O)c2ccccc21. The fraction of sp³-hybridized carbons (Fsp3) is 0.188. The summed E-state index contributed by atoms with van der Waals surface area (Å²) in [6.45, 7) is 11.1. The highest BCUT2D eigenvalue weighted by atomic mass is 32.2. The van der Waals surface area contributed by atoms with Gasteiger partial charge in [0.25, 0.3) is 5.70 Å². The molecule has 1 heterocycles. The molecular formula is C16H14N2OS. The Bertz CT molecular complexity index is 797. The van der Waals surface area contributed by atoms with Gasteiger partial charge in [0.05, 0.1) is 12.6 Å². The lowest BCUT2D eigenvalue weighted by Gasteiger charge is -2.07. The first-order valence-electron chi connectivity index (χ1n) is 6.14. The average Bonchev–Trinajstić information content (AvgIpc) is 2.62. The van der Waals surface area contributed by atoms with Crippen LogP contribution in [0.4, 0.5) is 0 Å². The molecule has 0 spiro atoms. The molecule has 0 radical (unpaired) electrons. The van der Waals surface area contributed by atoms with Crippen LogP contribution in [0, 0.1) is 23.8 Å². The highest BCUT2D eigenvalue weighted by Crippen LogP contribution is 2.45. The quantitative estimate of drug-likeness (QED) is 0.450. The van der Waals surface area contributed by atoms with E-state index in [-0.39, 0.29) is 11.6 Å². The molecule has 0 bridgehead atoms. The molecule has 0 amide bonds. The van der Waals surface area contributed by atoms with Crippen LogP contribution in [0.5, 0.6) is 0 Å². The van der Waals surface area contributed by atoms with Gasteiger partial charge in [-0.15, -0.1) is 0 Å². The summed E-state index contributed by atoms with van der Waals surface area (Å²) in [6.07, 6.45) is 1.84. The monoisotopic (exact) mass is 282 g/mol. The van der Waals surface area contributed by atoms with Gasteiger partial charge in [-0.05, 0) is 23.4 Å². The molecule has 0 N–H and O–H groups in total. The van der Waals surface area contributed by atoms with Crippen LogP contribution in [0.3, 0.4) is 0 Å². The predicted octanol–water partition coefficient (Wildman–Crippen LogP) is 3.47. The first kappa shape index (κ1) is 14.1. The van der Waals surface area contributed by atoms with Crippen molar-refractivity contribution in [3.8, 4) is 6.07 Å². The van der Waals surface area contributed by atoms with Gasteiger partial charge in [-0.2, -0.15) is 0 Å². The first-order valence-corrected chi connectivity index (χ1v) is 7.87. The number of rotatable bonds is 1. The molecule has 3 nitrogen and oxygen atoms in total. The van der Waals surface area contributed by atoms with Gasteiger partial charge in [0.15, 0.2) is 0 Å². The normalized spacial score (nSPS) is 25.1. The van der Waals surface area contributed by atoms with Gasteiger partial charge in [0, 0.05) is 24.9 Å². The molecular weight excluding hydrogens is 268 g/mol. The maximum atomic E-state index is 13.0. The summed E-state index contributed by atoms with van der Waals surface area (Å²) in [5.41, 5.74) is 1.14.